The average molecular weight is 232 g/mol. The number of nitrogens with zero attached hydrogens (tertiary/aromatic N) is 1. The van der Waals surface area contributed by atoms with Crippen LogP contribution in [0.25, 0.3) is 0 Å². The van der Waals surface area contributed by atoms with E-state index in [-0.39, 0.29) is 11.9 Å². The highest BCUT2D eigenvalue weighted by Gasteiger charge is 2.28. The Balaban J connectivity index is 2.16. The lowest BCUT2D eigenvalue weighted by atomic mass is 9.95. The van der Waals surface area contributed by atoms with Crippen molar-refractivity contribution in [2.75, 3.05) is 13.1 Å². The maximum Gasteiger partial charge on any atom is 0.239 e. The summed E-state index contributed by atoms with van der Waals surface area (Å²) in [6.45, 7) is 4.19. The zero-order valence-electron chi connectivity index (χ0n) is 10.3. The van der Waals surface area contributed by atoms with Crippen molar-refractivity contribution in [2.24, 2.45) is 11.7 Å². The highest BCUT2D eigenvalue weighted by atomic mass is 16.1. The van der Waals surface area contributed by atoms with Crippen LogP contribution in [0.2, 0.25) is 0 Å². The van der Waals surface area contributed by atoms with Crippen molar-refractivity contribution in [2.45, 2.75) is 25.8 Å². The molecule has 2 N–H and O–H groups in total. The van der Waals surface area contributed by atoms with Crippen molar-refractivity contribution in [1.29, 1.82) is 0 Å². The number of amides is 1. The van der Waals surface area contributed by atoms with Gasteiger partial charge in [0.05, 0.1) is 0 Å². The number of benzene rings is 1. The average Bonchev–Trinajstić information content (AvgIpc) is 2.33. The van der Waals surface area contributed by atoms with Crippen LogP contribution in [-0.4, -0.2) is 23.9 Å². The van der Waals surface area contributed by atoms with Crippen LogP contribution in [0.1, 0.15) is 31.4 Å². The van der Waals surface area contributed by atoms with E-state index in [4.69, 9.17) is 5.73 Å². The number of rotatable bonds is 3. The summed E-state index contributed by atoms with van der Waals surface area (Å²) in [7, 11) is 0. The fourth-order valence-electron chi connectivity index (χ4n) is 2.48. The number of nitrogens with two attached hydrogens (primary N) is 1. The first-order valence-corrected chi connectivity index (χ1v) is 6.27. The molecule has 1 unspecified atom stereocenters. The number of likely N-dealkylation sites (tertiary alicyclic amines) is 1. The Bertz CT molecular complexity index is 369. The summed E-state index contributed by atoms with van der Waals surface area (Å²) in [4.78, 5) is 13.9. The topological polar surface area (TPSA) is 46.3 Å². The second-order valence-corrected chi connectivity index (χ2v) is 4.93. The molecule has 17 heavy (non-hydrogen) atoms. The number of primary amides is 1. The van der Waals surface area contributed by atoms with E-state index in [2.05, 4.69) is 11.8 Å². The summed E-state index contributed by atoms with van der Waals surface area (Å²) in [6, 6.07) is 9.57. The van der Waals surface area contributed by atoms with E-state index in [0.29, 0.717) is 0 Å². The van der Waals surface area contributed by atoms with Gasteiger partial charge in [-0.25, -0.2) is 0 Å². The Morgan fingerprint density at radius 2 is 1.88 bits per heavy atom. The van der Waals surface area contributed by atoms with Crippen molar-refractivity contribution in [3.63, 3.8) is 0 Å². The zero-order chi connectivity index (χ0) is 12.3. The summed E-state index contributed by atoms with van der Waals surface area (Å²) >= 11 is 0. The molecule has 1 aromatic carbocycles. The Morgan fingerprint density at radius 3 is 2.41 bits per heavy atom. The number of hydrogen-bond donors (Lipinski definition) is 1. The molecule has 92 valence electrons. The molecule has 0 spiro atoms. The molecule has 3 heteroatoms. The third-order valence-electron chi connectivity index (χ3n) is 3.57. The Labute approximate surface area is 103 Å². The third kappa shape index (κ3) is 2.86. The monoisotopic (exact) mass is 232 g/mol. The first-order valence-electron chi connectivity index (χ1n) is 6.27. The predicted octanol–water partition coefficient (Wildman–Crippen LogP) is 1.94. The maximum absolute atomic E-state index is 11.7. The van der Waals surface area contributed by atoms with Crippen molar-refractivity contribution in [3.05, 3.63) is 35.9 Å². The van der Waals surface area contributed by atoms with Gasteiger partial charge in [-0.05, 0) is 37.4 Å². The van der Waals surface area contributed by atoms with Gasteiger partial charge in [0.15, 0.2) is 0 Å². The summed E-state index contributed by atoms with van der Waals surface area (Å²) in [5.41, 5.74) is 6.56. The van der Waals surface area contributed by atoms with Crippen molar-refractivity contribution >= 4 is 5.91 Å². The Hall–Kier alpha value is -1.35. The Kier molecular flexibility index (Phi) is 3.79. The SMILES string of the molecule is CC1CCN(C(C(N)=O)c2ccccc2)CC1. The molecule has 0 aromatic heterocycles. The molecule has 1 aliphatic heterocycles. The van der Waals surface area contributed by atoms with Crippen molar-refractivity contribution < 1.29 is 4.79 Å². The minimum atomic E-state index is -0.260. The van der Waals surface area contributed by atoms with Crippen LogP contribution in [0.15, 0.2) is 30.3 Å². The molecule has 1 amide bonds. The van der Waals surface area contributed by atoms with Crippen LogP contribution in [0.5, 0.6) is 0 Å². The molecule has 0 bridgehead atoms. The quantitative estimate of drug-likeness (QED) is 0.865. The Morgan fingerprint density at radius 1 is 1.29 bits per heavy atom. The largest absolute Gasteiger partial charge is 0.368 e. The van der Waals surface area contributed by atoms with Gasteiger partial charge in [-0.1, -0.05) is 37.3 Å². The molecular weight excluding hydrogens is 212 g/mol. The van der Waals surface area contributed by atoms with Crippen LogP contribution < -0.4 is 5.73 Å². The molecule has 0 saturated carbocycles. The second kappa shape index (κ2) is 5.32. The third-order valence-corrected chi connectivity index (χ3v) is 3.57. The van der Waals surface area contributed by atoms with Crippen LogP contribution in [0.3, 0.4) is 0 Å². The van der Waals surface area contributed by atoms with E-state index in [1.165, 1.54) is 0 Å². The van der Waals surface area contributed by atoms with E-state index in [0.717, 1.165) is 37.4 Å². The molecule has 0 aliphatic carbocycles. The van der Waals surface area contributed by atoms with Gasteiger partial charge in [-0.2, -0.15) is 0 Å². The molecule has 1 aromatic rings. The minimum absolute atomic E-state index is 0.245. The molecule has 1 atom stereocenters. The van der Waals surface area contributed by atoms with Crippen LogP contribution in [-0.2, 0) is 4.79 Å². The van der Waals surface area contributed by atoms with E-state index in [1.54, 1.807) is 0 Å². The highest BCUT2D eigenvalue weighted by molar-refractivity contribution is 5.81. The number of hydrogen-bond acceptors (Lipinski definition) is 2. The molecule has 1 saturated heterocycles. The standard InChI is InChI=1S/C14H20N2O/c1-11-7-9-16(10-8-11)13(14(15)17)12-5-3-2-4-6-12/h2-6,11,13H,7-10H2,1H3,(H2,15,17). The molecule has 0 radical (unpaired) electrons. The summed E-state index contributed by atoms with van der Waals surface area (Å²) < 4.78 is 0. The van der Waals surface area contributed by atoms with Gasteiger partial charge in [0.25, 0.3) is 0 Å². The molecular formula is C14H20N2O. The number of carbonyl (C=O) groups is 1. The first kappa shape index (κ1) is 12.1. The van der Waals surface area contributed by atoms with Crippen LogP contribution in [0.4, 0.5) is 0 Å². The zero-order valence-corrected chi connectivity index (χ0v) is 10.3. The van der Waals surface area contributed by atoms with E-state index >= 15 is 0 Å². The lowest BCUT2D eigenvalue weighted by Gasteiger charge is -2.35. The second-order valence-electron chi connectivity index (χ2n) is 4.93. The van der Waals surface area contributed by atoms with Gasteiger partial charge < -0.3 is 5.73 Å². The fraction of sp³-hybridized carbons (Fsp3) is 0.500. The first-order chi connectivity index (χ1) is 8.18. The number of piperidine rings is 1. The van der Waals surface area contributed by atoms with Crippen molar-refractivity contribution in [1.82, 2.24) is 4.90 Å². The maximum atomic E-state index is 11.7. The lowest BCUT2D eigenvalue weighted by Crippen LogP contribution is -2.42. The van der Waals surface area contributed by atoms with Gasteiger partial charge in [-0.3, -0.25) is 9.69 Å². The lowest BCUT2D eigenvalue weighted by molar-refractivity contribution is -0.124. The number of carbonyl (C=O) groups excluding carboxylic acids is 1. The van der Waals surface area contributed by atoms with E-state index < -0.39 is 0 Å². The molecule has 3 nitrogen and oxygen atoms in total. The highest BCUT2D eigenvalue weighted by Crippen LogP contribution is 2.26. The summed E-state index contributed by atoms with van der Waals surface area (Å²) in [5.74, 6) is 0.515. The van der Waals surface area contributed by atoms with Gasteiger partial charge in [-0.15, -0.1) is 0 Å². The van der Waals surface area contributed by atoms with Gasteiger partial charge in [0.2, 0.25) is 5.91 Å². The normalized spacial score (nSPS) is 20.1. The smallest absolute Gasteiger partial charge is 0.239 e. The molecule has 1 fully saturated rings. The summed E-state index contributed by atoms with van der Waals surface area (Å²) in [6.07, 6.45) is 2.30. The molecule has 1 aliphatic rings. The van der Waals surface area contributed by atoms with Crippen LogP contribution >= 0.6 is 0 Å². The van der Waals surface area contributed by atoms with Crippen molar-refractivity contribution in [3.8, 4) is 0 Å². The summed E-state index contributed by atoms with van der Waals surface area (Å²) in [5, 5.41) is 0. The molecule has 1 heterocycles. The van der Waals surface area contributed by atoms with Gasteiger partial charge >= 0.3 is 0 Å². The molecule has 2 rings (SSSR count). The van der Waals surface area contributed by atoms with E-state index in [9.17, 15) is 4.79 Å². The minimum Gasteiger partial charge on any atom is -0.368 e. The van der Waals surface area contributed by atoms with E-state index in [1.807, 2.05) is 30.3 Å². The van der Waals surface area contributed by atoms with Gasteiger partial charge in [0, 0.05) is 0 Å². The fourth-order valence-corrected chi connectivity index (χ4v) is 2.48. The predicted molar refractivity (Wildman–Crippen MR) is 68.3 cm³/mol. The van der Waals surface area contributed by atoms with Gasteiger partial charge in [0.1, 0.15) is 6.04 Å². The van der Waals surface area contributed by atoms with Crippen LogP contribution in [0, 0.1) is 5.92 Å².